The summed E-state index contributed by atoms with van der Waals surface area (Å²) >= 11 is 0. The first kappa shape index (κ1) is 25.8. The van der Waals surface area contributed by atoms with E-state index in [4.69, 9.17) is 9.97 Å². The van der Waals surface area contributed by atoms with Crippen molar-refractivity contribution in [3.05, 3.63) is 164 Å². The Morgan fingerprint density at radius 1 is 0.364 bits per heavy atom. The van der Waals surface area contributed by atoms with E-state index in [1.165, 1.54) is 27.3 Å². The molecule has 0 unspecified atom stereocenters. The van der Waals surface area contributed by atoms with Gasteiger partial charge in [-0.05, 0) is 62.5 Å². The number of hydrogen-bond donors (Lipinski definition) is 0. The van der Waals surface area contributed by atoms with E-state index in [-0.39, 0.29) is 0 Å². The Balaban J connectivity index is 1.32. The molecule has 8 aromatic rings. The normalized spacial score (nSPS) is 11.2. The van der Waals surface area contributed by atoms with E-state index in [2.05, 4.69) is 132 Å². The summed E-state index contributed by atoms with van der Waals surface area (Å²) in [6, 6.07) is 53.1. The third-order valence-electron chi connectivity index (χ3n) is 8.15. The average Bonchev–Trinajstić information content (AvgIpc) is 3.11. The number of nitrogens with zero attached hydrogens (tertiary/aromatic N) is 3. The maximum absolute atomic E-state index is 5.17. The third kappa shape index (κ3) is 4.81. The van der Waals surface area contributed by atoms with Gasteiger partial charge in [0.2, 0.25) is 0 Å². The Kier molecular flexibility index (Phi) is 6.47. The predicted molar refractivity (Wildman–Crippen MR) is 182 cm³/mol. The first-order valence-electron chi connectivity index (χ1n) is 14.8. The van der Waals surface area contributed by atoms with E-state index < -0.39 is 0 Å². The smallest absolute Gasteiger partial charge is 0.160 e. The van der Waals surface area contributed by atoms with Gasteiger partial charge in [0.05, 0.1) is 11.4 Å². The largest absolute Gasteiger partial charge is 0.264 e. The van der Waals surface area contributed by atoms with Gasteiger partial charge in [-0.3, -0.25) is 4.98 Å². The number of benzene rings is 6. The number of aromatic nitrogens is 3. The van der Waals surface area contributed by atoms with Gasteiger partial charge < -0.3 is 0 Å². The van der Waals surface area contributed by atoms with Crippen molar-refractivity contribution in [3.8, 4) is 56.2 Å². The summed E-state index contributed by atoms with van der Waals surface area (Å²) in [6.45, 7) is 0. The molecule has 3 nitrogen and oxygen atoms in total. The summed E-state index contributed by atoms with van der Waals surface area (Å²) in [5.41, 5.74) is 9.55. The Bertz CT molecular complexity index is 2260. The summed E-state index contributed by atoms with van der Waals surface area (Å²) in [5, 5.41) is 4.70. The van der Waals surface area contributed by atoms with Crippen molar-refractivity contribution < 1.29 is 0 Å². The quantitative estimate of drug-likeness (QED) is 0.210. The highest BCUT2D eigenvalue weighted by atomic mass is 14.9. The van der Waals surface area contributed by atoms with E-state index in [0.717, 1.165) is 44.6 Å². The lowest BCUT2D eigenvalue weighted by Gasteiger charge is -2.14. The monoisotopic (exact) mass is 561 g/mol. The second kappa shape index (κ2) is 11.0. The van der Waals surface area contributed by atoms with Crippen LogP contribution in [0.4, 0.5) is 0 Å². The Morgan fingerprint density at radius 2 is 1.00 bits per heavy atom. The van der Waals surface area contributed by atoms with Gasteiger partial charge in [0.15, 0.2) is 5.82 Å². The molecule has 0 fully saturated rings. The van der Waals surface area contributed by atoms with E-state index in [0.29, 0.717) is 5.82 Å². The van der Waals surface area contributed by atoms with Crippen LogP contribution in [0.25, 0.3) is 77.7 Å². The van der Waals surface area contributed by atoms with E-state index in [1.807, 2.05) is 30.5 Å². The number of hydrogen-bond acceptors (Lipinski definition) is 3. The maximum atomic E-state index is 5.17. The molecule has 0 bridgehead atoms. The van der Waals surface area contributed by atoms with E-state index in [1.54, 1.807) is 6.20 Å². The number of pyridine rings is 1. The molecule has 0 atom stereocenters. The molecule has 0 amide bonds. The molecule has 8 rings (SSSR count). The van der Waals surface area contributed by atoms with E-state index >= 15 is 0 Å². The second-order valence-electron chi connectivity index (χ2n) is 10.9. The van der Waals surface area contributed by atoms with Gasteiger partial charge in [0.25, 0.3) is 0 Å². The molecule has 0 N–H and O–H groups in total. The highest BCUT2D eigenvalue weighted by molar-refractivity contribution is 6.06. The molecule has 0 aliphatic carbocycles. The minimum atomic E-state index is 0.708. The molecule has 0 aliphatic rings. The molecule has 0 spiro atoms. The van der Waals surface area contributed by atoms with Crippen LogP contribution in [0, 0.1) is 0 Å². The SMILES string of the molecule is c1ccc(-c2nc(-c3ccc4cc(-c5cccnc5)ccc4c3)cc(-c3cccc4cccc(-c5ccccc5)c34)n2)cc1. The molecule has 6 aromatic carbocycles. The average molecular weight is 562 g/mol. The lowest BCUT2D eigenvalue weighted by atomic mass is 9.92. The zero-order chi connectivity index (χ0) is 29.3. The van der Waals surface area contributed by atoms with Crippen LogP contribution in [0.1, 0.15) is 0 Å². The molecule has 206 valence electrons. The summed E-state index contributed by atoms with van der Waals surface area (Å²) in [4.78, 5) is 14.6. The van der Waals surface area contributed by atoms with Gasteiger partial charge in [-0.15, -0.1) is 0 Å². The zero-order valence-electron chi connectivity index (χ0n) is 23.9. The molecule has 44 heavy (non-hydrogen) atoms. The highest BCUT2D eigenvalue weighted by Gasteiger charge is 2.15. The maximum Gasteiger partial charge on any atom is 0.160 e. The first-order chi connectivity index (χ1) is 21.8. The van der Waals surface area contributed by atoms with Gasteiger partial charge in [-0.2, -0.15) is 0 Å². The lowest BCUT2D eigenvalue weighted by Crippen LogP contribution is -1.97. The molecule has 2 heterocycles. The molecular weight excluding hydrogens is 534 g/mol. The Morgan fingerprint density at radius 3 is 1.73 bits per heavy atom. The van der Waals surface area contributed by atoms with Crippen molar-refractivity contribution in [1.29, 1.82) is 0 Å². The van der Waals surface area contributed by atoms with Gasteiger partial charge >= 0.3 is 0 Å². The molecule has 0 aliphatic heterocycles. The predicted octanol–water partition coefficient (Wildman–Crippen LogP) is 10.5. The molecule has 0 saturated carbocycles. The van der Waals surface area contributed by atoms with E-state index in [9.17, 15) is 0 Å². The molecule has 2 aromatic heterocycles. The summed E-state index contributed by atoms with van der Waals surface area (Å²) in [5.74, 6) is 0.708. The van der Waals surface area contributed by atoms with Crippen LogP contribution in [0.2, 0.25) is 0 Å². The van der Waals surface area contributed by atoms with Crippen LogP contribution in [0.15, 0.2) is 164 Å². The van der Waals surface area contributed by atoms with Crippen molar-refractivity contribution in [1.82, 2.24) is 15.0 Å². The summed E-state index contributed by atoms with van der Waals surface area (Å²) in [6.07, 6.45) is 3.71. The zero-order valence-corrected chi connectivity index (χ0v) is 23.9. The minimum Gasteiger partial charge on any atom is -0.264 e. The van der Waals surface area contributed by atoms with Crippen molar-refractivity contribution in [2.75, 3.05) is 0 Å². The fraction of sp³-hybridized carbons (Fsp3) is 0. The van der Waals surface area contributed by atoms with Gasteiger partial charge in [-0.25, -0.2) is 9.97 Å². The van der Waals surface area contributed by atoms with Crippen LogP contribution >= 0.6 is 0 Å². The molecule has 0 radical (unpaired) electrons. The van der Waals surface area contributed by atoms with Crippen molar-refractivity contribution in [2.45, 2.75) is 0 Å². The molecular formula is C41H27N3. The molecule has 3 heteroatoms. The van der Waals surface area contributed by atoms with Crippen LogP contribution in [-0.2, 0) is 0 Å². The highest BCUT2D eigenvalue weighted by Crippen LogP contribution is 2.38. The lowest BCUT2D eigenvalue weighted by molar-refractivity contribution is 1.19. The Labute approximate surface area is 256 Å². The third-order valence-corrected chi connectivity index (χ3v) is 8.15. The van der Waals surface area contributed by atoms with Crippen LogP contribution in [0.3, 0.4) is 0 Å². The van der Waals surface area contributed by atoms with Gasteiger partial charge in [0.1, 0.15) is 0 Å². The molecule has 0 saturated heterocycles. The standard InChI is InChI=1S/C41H27N3/c1-3-10-28(11-4-1)36-17-7-14-29-15-8-18-37(40(29)36)39-26-38(43-41(44-39)30-12-5-2-6-13-30)34-22-21-31-24-33(20-19-32(31)25-34)35-16-9-23-42-27-35/h1-27H. The van der Waals surface area contributed by atoms with Crippen LogP contribution in [0.5, 0.6) is 0 Å². The topological polar surface area (TPSA) is 38.7 Å². The van der Waals surface area contributed by atoms with Crippen molar-refractivity contribution in [2.24, 2.45) is 0 Å². The first-order valence-corrected chi connectivity index (χ1v) is 14.8. The number of fused-ring (bicyclic) bond motifs is 2. The second-order valence-corrected chi connectivity index (χ2v) is 10.9. The fourth-order valence-electron chi connectivity index (χ4n) is 5.98. The minimum absolute atomic E-state index is 0.708. The summed E-state index contributed by atoms with van der Waals surface area (Å²) < 4.78 is 0. The fourth-order valence-corrected chi connectivity index (χ4v) is 5.98. The number of rotatable bonds is 5. The van der Waals surface area contributed by atoms with Crippen LogP contribution < -0.4 is 0 Å². The van der Waals surface area contributed by atoms with Crippen molar-refractivity contribution >= 4 is 21.5 Å². The van der Waals surface area contributed by atoms with Crippen LogP contribution in [-0.4, -0.2) is 15.0 Å². The summed E-state index contributed by atoms with van der Waals surface area (Å²) in [7, 11) is 0. The van der Waals surface area contributed by atoms with Crippen molar-refractivity contribution in [3.63, 3.8) is 0 Å². The van der Waals surface area contributed by atoms with Gasteiger partial charge in [0, 0.05) is 34.6 Å². The van der Waals surface area contributed by atoms with Gasteiger partial charge in [-0.1, -0.05) is 127 Å². The Hall–Kier alpha value is -5.93.